The van der Waals surface area contributed by atoms with Crippen molar-refractivity contribution in [1.29, 1.82) is 0 Å². The summed E-state index contributed by atoms with van der Waals surface area (Å²) in [5.41, 5.74) is 1.55. The van der Waals surface area contributed by atoms with E-state index in [0.29, 0.717) is 29.4 Å². The molecule has 8 nitrogen and oxygen atoms in total. The second-order valence-electron chi connectivity index (χ2n) is 14.0. The van der Waals surface area contributed by atoms with E-state index in [4.69, 9.17) is 0 Å². The van der Waals surface area contributed by atoms with Crippen LogP contribution in [0.2, 0.25) is 0 Å². The summed E-state index contributed by atoms with van der Waals surface area (Å²) in [6.45, 7) is 16.7. The Hall–Kier alpha value is -3.42. The molecule has 42 heavy (non-hydrogen) atoms. The van der Waals surface area contributed by atoms with Crippen molar-refractivity contribution in [3.05, 3.63) is 48.7 Å². The van der Waals surface area contributed by atoms with Gasteiger partial charge in [0, 0.05) is 23.5 Å². The number of amides is 3. The van der Waals surface area contributed by atoms with Gasteiger partial charge in [-0.05, 0) is 66.6 Å². The monoisotopic (exact) mass is 576 g/mol. The number of ketones is 1. The van der Waals surface area contributed by atoms with Crippen molar-refractivity contribution in [2.45, 2.75) is 91.8 Å². The summed E-state index contributed by atoms with van der Waals surface area (Å²) < 4.78 is 0. The summed E-state index contributed by atoms with van der Waals surface area (Å²) in [6.07, 6.45) is 7.32. The smallest absolute Gasteiger partial charge is 0.268 e. The number of aromatic amines is 1. The standard InChI is InChI=1S/C25H33N3O2.C9H15NO2/c1-15-21-18(25(21,2)3)14-28(15)24(30)22(16-9-5-4-6-10-16)27-23(29)20-13-17-11-7-8-12-19(17)26-20;1-5-7(12)8(10-6-11)9(2,3)4/h7-8,11-13,15-16,18,21-22,26H,4-6,9-10,14H2,1-3H3,(H,27,29);5-6,8H,1H2,2-4H3,(H,10,11)/t15-,18+,21-,22?;/m1./s1. The van der Waals surface area contributed by atoms with Crippen LogP contribution in [0.15, 0.2) is 43.0 Å². The van der Waals surface area contributed by atoms with Crippen molar-refractivity contribution in [3.63, 3.8) is 0 Å². The highest BCUT2D eigenvalue weighted by atomic mass is 16.2. The number of aromatic nitrogens is 1. The summed E-state index contributed by atoms with van der Waals surface area (Å²) in [6, 6.07) is 9.11. The van der Waals surface area contributed by atoms with Gasteiger partial charge in [0.1, 0.15) is 11.7 Å². The van der Waals surface area contributed by atoms with Crippen LogP contribution in [0.25, 0.3) is 10.9 Å². The Morgan fingerprint density at radius 1 is 1.12 bits per heavy atom. The van der Waals surface area contributed by atoms with Crippen molar-refractivity contribution in [2.24, 2.45) is 28.6 Å². The number of benzene rings is 1. The van der Waals surface area contributed by atoms with Gasteiger partial charge in [-0.1, -0.05) is 78.7 Å². The van der Waals surface area contributed by atoms with E-state index in [0.717, 1.165) is 43.1 Å². The van der Waals surface area contributed by atoms with Crippen molar-refractivity contribution in [2.75, 3.05) is 6.54 Å². The highest BCUT2D eigenvalue weighted by Crippen LogP contribution is 2.64. The normalized spacial score (nSPS) is 24.4. The number of nitrogens with one attached hydrogen (secondary N) is 3. The molecule has 3 aliphatic rings. The van der Waals surface area contributed by atoms with Gasteiger partial charge in [-0.15, -0.1) is 0 Å². The van der Waals surface area contributed by atoms with E-state index < -0.39 is 12.1 Å². The zero-order valence-corrected chi connectivity index (χ0v) is 26.0. The Morgan fingerprint density at radius 2 is 1.79 bits per heavy atom. The van der Waals surface area contributed by atoms with Crippen LogP contribution in [0.1, 0.15) is 84.1 Å². The number of carbonyl (C=O) groups excluding carboxylic acids is 4. The number of hydrogen-bond acceptors (Lipinski definition) is 4. The van der Waals surface area contributed by atoms with Crippen LogP contribution in [0.3, 0.4) is 0 Å². The molecule has 3 amide bonds. The van der Waals surface area contributed by atoms with Crippen LogP contribution in [-0.2, 0) is 14.4 Å². The van der Waals surface area contributed by atoms with Gasteiger partial charge < -0.3 is 20.5 Å². The van der Waals surface area contributed by atoms with Gasteiger partial charge in [0.15, 0.2) is 5.78 Å². The first-order valence-corrected chi connectivity index (χ1v) is 15.4. The van der Waals surface area contributed by atoms with Crippen molar-refractivity contribution < 1.29 is 19.2 Å². The van der Waals surface area contributed by atoms with E-state index >= 15 is 0 Å². The number of nitrogens with zero attached hydrogens (tertiary/aromatic N) is 1. The Labute approximate surface area is 250 Å². The van der Waals surface area contributed by atoms with E-state index in [1.165, 1.54) is 12.5 Å². The maximum atomic E-state index is 13.7. The Kier molecular flexibility index (Phi) is 9.33. The molecule has 3 fully saturated rings. The predicted octanol–water partition coefficient (Wildman–Crippen LogP) is 5.25. The number of carbonyl (C=O) groups is 4. The zero-order valence-electron chi connectivity index (χ0n) is 26.0. The van der Waals surface area contributed by atoms with Gasteiger partial charge >= 0.3 is 0 Å². The summed E-state index contributed by atoms with van der Waals surface area (Å²) in [5, 5.41) is 6.63. The molecule has 1 saturated heterocycles. The predicted molar refractivity (Wildman–Crippen MR) is 166 cm³/mol. The molecule has 1 aromatic heterocycles. The molecule has 5 atom stereocenters. The lowest BCUT2D eigenvalue weighted by molar-refractivity contribution is -0.136. The Balaban J connectivity index is 0.000000288. The number of likely N-dealkylation sites (tertiary alicyclic amines) is 1. The molecular weight excluding hydrogens is 528 g/mol. The average Bonchev–Trinajstić information content (AvgIpc) is 3.27. The summed E-state index contributed by atoms with van der Waals surface area (Å²) in [4.78, 5) is 53.5. The van der Waals surface area contributed by atoms with E-state index in [1.807, 2.05) is 51.1 Å². The average molecular weight is 577 g/mol. The fourth-order valence-corrected chi connectivity index (χ4v) is 7.34. The third-order valence-corrected chi connectivity index (χ3v) is 9.86. The fourth-order valence-electron chi connectivity index (χ4n) is 7.34. The molecule has 2 heterocycles. The highest BCUT2D eigenvalue weighted by Gasteiger charge is 2.66. The minimum atomic E-state index is -0.479. The molecule has 5 rings (SSSR count). The summed E-state index contributed by atoms with van der Waals surface area (Å²) >= 11 is 0. The Bertz CT molecular complexity index is 1280. The minimum Gasteiger partial charge on any atom is -0.351 e. The van der Waals surface area contributed by atoms with Gasteiger partial charge in [0.05, 0.1) is 6.04 Å². The lowest BCUT2D eigenvalue weighted by atomic mass is 9.83. The molecule has 0 spiro atoms. The molecule has 2 aliphatic carbocycles. The lowest BCUT2D eigenvalue weighted by Gasteiger charge is -2.36. The number of rotatable bonds is 8. The third kappa shape index (κ3) is 6.47. The molecular formula is C34H48N4O4. The van der Waals surface area contributed by atoms with E-state index in [2.05, 4.69) is 47.9 Å². The number of para-hydroxylation sites is 1. The molecule has 2 saturated carbocycles. The van der Waals surface area contributed by atoms with Crippen molar-refractivity contribution >= 4 is 34.9 Å². The van der Waals surface area contributed by atoms with E-state index in [-0.39, 0.29) is 35.0 Å². The number of fused-ring (bicyclic) bond motifs is 2. The molecule has 0 radical (unpaired) electrons. The van der Waals surface area contributed by atoms with Crippen LogP contribution in [0, 0.1) is 28.6 Å². The fraction of sp³-hybridized carbons (Fsp3) is 0.588. The first-order valence-electron chi connectivity index (χ1n) is 15.4. The van der Waals surface area contributed by atoms with Gasteiger partial charge in [-0.2, -0.15) is 0 Å². The molecule has 0 bridgehead atoms. The molecule has 1 aromatic carbocycles. The highest BCUT2D eigenvalue weighted by molar-refractivity contribution is 6.00. The molecule has 228 valence electrons. The number of piperidine rings is 1. The lowest BCUT2D eigenvalue weighted by Crippen LogP contribution is -2.54. The van der Waals surface area contributed by atoms with Crippen LogP contribution < -0.4 is 10.6 Å². The maximum absolute atomic E-state index is 13.7. The minimum absolute atomic E-state index is 0.127. The van der Waals surface area contributed by atoms with E-state index in [1.54, 1.807) is 0 Å². The quantitative estimate of drug-likeness (QED) is 0.294. The first kappa shape index (κ1) is 31.5. The number of H-pyrrole nitrogens is 1. The SMILES string of the molecule is C=CC(=O)C(NC=O)C(C)(C)C.C[C@@H]1[C@@H]2[C@H](CN1C(=O)C(NC(=O)c1cc3ccccc3[nH]1)C1CCCCC1)C2(C)C. The Morgan fingerprint density at radius 3 is 2.33 bits per heavy atom. The van der Waals surface area contributed by atoms with Crippen molar-refractivity contribution in [3.8, 4) is 0 Å². The molecule has 2 unspecified atom stereocenters. The second-order valence-corrected chi connectivity index (χ2v) is 14.0. The molecule has 3 N–H and O–H groups in total. The third-order valence-electron chi connectivity index (χ3n) is 9.86. The zero-order chi connectivity index (χ0) is 30.8. The van der Waals surface area contributed by atoms with Gasteiger partial charge in [0.25, 0.3) is 5.91 Å². The topological polar surface area (TPSA) is 111 Å². The number of hydrogen-bond donors (Lipinski definition) is 3. The van der Waals surface area contributed by atoms with Crippen LogP contribution in [0.4, 0.5) is 0 Å². The van der Waals surface area contributed by atoms with E-state index in [9.17, 15) is 19.2 Å². The summed E-state index contributed by atoms with van der Waals surface area (Å²) in [5.74, 6) is 1.23. The molecule has 8 heteroatoms. The molecule has 1 aliphatic heterocycles. The molecule has 2 aromatic rings. The maximum Gasteiger partial charge on any atom is 0.268 e. The van der Waals surface area contributed by atoms with Crippen LogP contribution in [-0.4, -0.2) is 58.6 Å². The van der Waals surface area contributed by atoms with Crippen LogP contribution in [0.5, 0.6) is 0 Å². The van der Waals surface area contributed by atoms with Crippen LogP contribution >= 0.6 is 0 Å². The van der Waals surface area contributed by atoms with Gasteiger partial charge in [-0.25, -0.2) is 0 Å². The first-order chi connectivity index (χ1) is 19.8. The van der Waals surface area contributed by atoms with Crippen molar-refractivity contribution in [1.82, 2.24) is 20.5 Å². The summed E-state index contributed by atoms with van der Waals surface area (Å²) in [7, 11) is 0. The van der Waals surface area contributed by atoms with Gasteiger partial charge in [-0.3, -0.25) is 19.2 Å². The second kappa shape index (κ2) is 12.4. The largest absolute Gasteiger partial charge is 0.351 e. The van der Waals surface area contributed by atoms with Gasteiger partial charge in [0.2, 0.25) is 12.3 Å².